The van der Waals surface area contributed by atoms with Gasteiger partial charge in [0.25, 0.3) is 0 Å². The summed E-state index contributed by atoms with van der Waals surface area (Å²) in [6.45, 7) is 4.53. The molecule has 14 heavy (non-hydrogen) atoms. The number of halogens is 1. The quantitative estimate of drug-likeness (QED) is 0.880. The van der Waals surface area contributed by atoms with E-state index in [2.05, 4.69) is 26.2 Å². The van der Waals surface area contributed by atoms with E-state index < -0.39 is 0 Å². The van der Waals surface area contributed by atoms with E-state index in [4.69, 9.17) is 10.5 Å². The van der Waals surface area contributed by atoms with E-state index in [1.807, 2.05) is 20.9 Å². The van der Waals surface area contributed by atoms with Crippen molar-refractivity contribution >= 4 is 15.9 Å². The molecule has 0 radical (unpaired) electrons. The zero-order valence-corrected chi connectivity index (χ0v) is 10.2. The summed E-state index contributed by atoms with van der Waals surface area (Å²) in [5.41, 5.74) is 6.87. The van der Waals surface area contributed by atoms with Crippen LogP contribution in [-0.4, -0.2) is 27.7 Å². The summed E-state index contributed by atoms with van der Waals surface area (Å²) in [6.07, 6.45) is -0.0477. The van der Waals surface area contributed by atoms with Crippen LogP contribution in [0.5, 0.6) is 0 Å². The van der Waals surface area contributed by atoms with Gasteiger partial charge in [-0.2, -0.15) is 0 Å². The highest BCUT2D eigenvalue weighted by atomic mass is 79.9. The number of hydrogen-bond donors (Lipinski definition) is 1. The van der Waals surface area contributed by atoms with Crippen LogP contribution < -0.4 is 5.73 Å². The number of hydrogen-bond acceptors (Lipinski definition) is 4. The van der Waals surface area contributed by atoms with Crippen molar-refractivity contribution in [2.24, 2.45) is 12.8 Å². The summed E-state index contributed by atoms with van der Waals surface area (Å²) in [5, 5.41) is 7.74. The predicted molar refractivity (Wildman–Crippen MR) is 56.7 cm³/mol. The van der Waals surface area contributed by atoms with Gasteiger partial charge in [0.1, 0.15) is 0 Å². The van der Waals surface area contributed by atoms with Gasteiger partial charge in [-0.15, -0.1) is 5.10 Å². The fourth-order valence-corrected chi connectivity index (χ4v) is 1.87. The summed E-state index contributed by atoms with van der Waals surface area (Å²) in [5.74, 6) is 0. The average molecular weight is 263 g/mol. The number of aryl methyl sites for hydroxylation is 1. The SMILES string of the molecule is CCOC(C)C(N)c1c(Br)nnn1C. The van der Waals surface area contributed by atoms with Crippen molar-refractivity contribution in [3.8, 4) is 0 Å². The number of nitrogens with two attached hydrogens (primary N) is 1. The molecular weight excluding hydrogens is 248 g/mol. The van der Waals surface area contributed by atoms with Crippen molar-refractivity contribution in [2.75, 3.05) is 6.61 Å². The smallest absolute Gasteiger partial charge is 0.153 e. The van der Waals surface area contributed by atoms with Crippen molar-refractivity contribution < 1.29 is 4.74 Å². The maximum Gasteiger partial charge on any atom is 0.153 e. The van der Waals surface area contributed by atoms with Gasteiger partial charge >= 0.3 is 0 Å². The molecule has 5 nitrogen and oxygen atoms in total. The lowest BCUT2D eigenvalue weighted by Gasteiger charge is -2.19. The molecule has 6 heteroatoms. The van der Waals surface area contributed by atoms with E-state index in [-0.39, 0.29) is 12.1 Å². The van der Waals surface area contributed by atoms with Crippen LogP contribution in [0.3, 0.4) is 0 Å². The van der Waals surface area contributed by atoms with Crippen molar-refractivity contribution in [1.82, 2.24) is 15.0 Å². The number of ether oxygens (including phenoxy) is 1. The molecule has 0 aliphatic heterocycles. The summed E-state index contributed by atoms with van der Waals surface area (Å²) in [6, 6.07) is -0.218. The van der Waals surface area contributed by atoms with Gasteiger partial charge in [0.2, 0.25) is 0 Å². The third kappa shape index (κ3) is 2.31. The first-order chi connectivity index (χ1) is 6.57. The van der Waals surface area contributed by atoms with E-state index in [1.54, 1.807) is 4.68 Å². The minimum Gasteiger partial charge on any atom is -0.377 e. The largest absolute Gasteiger partial charge is 0.377 e. The Hall–Kier alpha value is -0.460. The van der Waals surface area contributed by atoms with E-state index in [9.17, 15) is 0 Å². The normalized spacial score (nSPS) is 15.5. The molecule has 0 fully saturated rings. The van der Waals surface area contributed by atoms with Crippen molar-refractivity contribution in [3.05, 3.63) is 10.3 Å². The highest BCUT2D eigenvalue weighted by Crippen LogP contribution is 2.22. The highest BCUT2D eigenvalue weighted by molar-refractivity contribution is 9.10. The third-order valence-electron chi connectivity index (χ3n) is 2.08. The molecule has 2 atom stereocenters. The fourth-order valence-electron chi connectivity index (χ4n) is 1.28. The van der Waals surface area contributed by atoms with Gasteiger partial charge in [0, 0.05) is 13.7 Å². The molecule has 1 heterocycles. The first kappa shape index (κ1) is 11.6. The maximum atomic E-state index is 6.01. The topological polar surface area (TPSA) is 66.0 Å². The van der Waals surface area contributed by atoms with Crippen LogP contribution in [-0.2, 0) is 11.8 Å². The maximum absolute atomic E-state index is 6.01. The van der Waals surface area contributed by atoms with Gasteiger partial charge in [-0.05, 0) is 29.8 Å². The van der Waals surface area contributed by atoms with Crippen LogP contribution in [0, 0.1) is 0 Å². The highest BCUT2D eigenvalue weighted by Gasteiger charge is 2.22. The number of nitrogens with zero attached hydrogens (tertiary/aromatic N) is 3. The molecule has 0 aliphatic carbocycles. The zero-order chi connectivity index (χ0) is 10.7. The number of aromatic nitrogens is 3. The Balaban J connectivity index is 2.82. The van der Waals surface area contributed by atoms with E-state index in [0.717, 1.165) is 5.69 Å². The van der Waals surface area contributed by atoms with Crippen LogP contribution in [0.1, 0.15) is 25.6 Å². The Bertz CT molecular complexity index is 282. The molecule has 0 saturated heterocycles. The monoisotopic (exact) mass is 262 g/mol. The Morgan fingerprint density at radius 2 is 2.29 bits per heavy atom. The summed E-state index contributed by atoms with van der Waals surface area (Å²) >= 11 is 3.31. The predicted octanol–water partition coefficient (Wildman–Crippen LogP) is 1.00. The van der Waals surface area contributed by atoms with Gasteiger partial charge in [-0.25, -0.2) is 4.68 Å². The Morgan fingerprint density at radius 3 is 2.71 bits per heavy atom. The van der Waals surface area contributed by atoms with Crippen molar-refractivity contribution in [3.63, 3.8) is 0 Å². The van der Waals surface area contributed by atoms with Gasteiger partial charge in [-0.1, -0.05) is 5.21 Å². The van der Waals surface area contributed by atoms with Crippen molar-refractivity contribution in [1.29, 1.82) is 0 Å². The van der Waals surface area contributed by atoms with Gasteiger partial charge in [0.05, 0.1) is 17.8 Å². The van der Waals surface area contributed by atoms with E-state index in [0.29, 0.717) is 11.2 Å². The van der Waals surface area contributed by atoms with Crippen LogP contribution >= 0.6 is 15.9 Å². The second-order valence-corrected chi connectivity index (χ2v) is 3.83. The molecule has 0 amide bonds. The van der Waals surface area contributed by atoms with Crippen LogP contribution in [0.4, 0.5) is 0 Å². The Kier molecular flexibility index (Phi) is 4.03. The van der Waals surface area contributed by atoms with Crippen LogP contribution in [0.2, 0.25) is 0 Å². The lowest BCUT2D eigenvalue weighted by atomic mass is 10.1. The summed E-state index contributed by atoms with van der Waals surface area (Å²) in [4.78, 5) is 0. The molecule has 0 bridgehead atoms. The minimum absolute atomic E-state index is 0.0477. The van der Waals surface area contributed by atoms with E-state index in [1.165, 1.54) is 0 Å². The number of rotatable bonds is 4. The summed E-state index contributed by atoms with van der Waals surface area (Å²) < 4.78 is 7.76. The lowest BCUT2D eigenvalue weighted by molar-refractivity contribution is 0.0554. The second-order valence-electron chi connectivity index (χ2n) is 3.08. The molecule has 1 aromatic heterocycles. The first-order valence-electron chi connectivity index (χ1n) is 4.50. The molecule has 80 valence electrons. The molecule has 0 aliphatic rings. The minimum atomic E-state index is -0.218. The van der Waals surface area contributed by atoms with Gasteiger partial charge in [0.15, 0.2) is 4.60 Å². The van der Waals surface area contributed by atoms with Gasteiger partial charge in [-0.3, -0.25) is 0 Å². The second kappa shape index (κ2) is 4.86. The summed E-state index contributed by atoms with van der Waals surface area (Å²) in [7, 11) is 1.81. The molecule has 0 spiro atoms. The molecule has 1 rings (SSSR count). The first-order valence-corrected chi connectivity index (χ1v) is 5.29. The zero-order valence-electron chi connectivity index (χ0n) is 8.57. The molecule has 1 aromatic rings. The molecule has 0 saturated carbocycles. The average Bonchev–Trinajstić information content (AvgIpc) is 2.46. The lowest BCUT2D eigenvalue weighted by Crippen LogP contribution is -2.28. The molecule has 0 aromatic carbocycles. The van der Waals surface area contributed by atoms with Gasteiger partial charge < -0.3 is 10.5 Å². The van der Waals surface area contributed by atoms with Crippen LogP contribution in [0.15, 0.2) is 4.60 Å². The van der Waals surface area contributed by atoms with Crippen LogP contribution in [0.25, 0.3) is 0 Å². The van der Waals surface area contributed by atoms with E-state index >= 15 is 0 Å². The standard InChI is InChI=1S/C8H15BrN4O/c1-4-14-5(2)6(10)7-8(9)11-12-13(7)3/h5-6H,4,10H2,1-3H3. The Labute approximate surface area is 91.7 Å². The Morgan fingerprint density at radius 1 is 1.64 bits per heavy atom. The van der Waals surface area contributed by atoms with Crippen molar-refractivity contribution in [2.45, 2.75) is 26.0 Å². The third-order valence-corrected chi connectivity index (χ3v) is 2.64. The molecule has 2 N–H and O–H groups in total. The fraction of sp³-hybridized carbons (Fsp3) is 0.750. The molecule has 2 unspecified atom stereocenters. The molecular formula is C8H15BrN4O.